The van der Waals surface area contributed by atoms with E-state index in [0.717, 1.165) is 18.7 Å². The second-order valence-corrected chi connectivity index (χ2v) is 6.46. The second-order valence-electron chi connectivity index (χ2n) is 6.03. The first-order chi connectivity index (χ1) is 14.1. The molecule has 0 saturated heterocycles. The van der Waals surface area contributed by atoms with Gasteiger partial charge in [0.1, 0.15) is 5.82 Å². The molecule has 3 N–H and O–H groups in total. The Labute approximate surface area is 172 Å². The highest BCUT2D eigenvalue weighted by Crippen LogP contribution is 2.16. The van der Waals surface area contributed by atoms with Crippen molar-refractivity contribution in [1.82, 2.24) is 15.0 Å². The third kappa shape index (κ3) is 5.49. The van der Waals surface area contributed by atoms with Crippen LogP contribution in [0, 0.1) is 0 Å². The van der Waals surface area contributed by atoms with Crippen molar-refractivity contribution >= 4 is 40.6 Å². The predicted molar refractivity (Wildman–Crippen MR) is 112 cm³/mol. The number of halogens is 1. The molecule has 0 saturated carbocycles. The smallest absolute Gasteiger partial charge is 0.277 e. The number of nitrogens with one attached hydrogen (secondary N) is 3. The molecule has 9 heteroatoms. The lowest BCUT2D eigenvalue weighted by Crippen LogP contribution is -2.23. The molecule has 2 heterocycles. The Balaban J connectivity index is 1.72. The van der Waals surface area contributed by atoms with Gasteiger partial charge in [-0.25, -0.2) is 15.0 Å². The molecule has 1 aromatic carbocycles. The molecule has 0 radical (unpaired) electrons. The molecule has 0 unspecified atom stereocenters. The quantitative estimate of drug-likeness (QED) is 0.545. The number of rotatable bonds is 7. The summed E-state index contributed by atoms with van der Waals surface area (Å²) in [4.78, 5) is 37.2. The Hall–Kier alpha value is -3.52. The first kappa shape index (κ1) is 20.2. The topological polar surface area (TPSA) is 109 Å². The molecule has 2 amide bonds. The van der Waals surface area contributed by atoms with Crippen molar-refractivity contribution in [3.8, 4) is 0 Å². The van der Waals surface area contributed by atoms with E-state index in [2.05, 4.69) is 37.8 Å². The zero-order valence-electron chi connectivity index (χ0n) is 15.6. The average Bonchev–Trinajstić information content (AvgIpc) is 2.75. The van der Waals surface area contributed by atoms with Gasteiger partial charge in [-0.1, -0.05) is 18.5 Å². The van der Waals surface area contributed by atoms with E-state index < -0.39 is 11.8 Å². The summed E-state index contributed by atoms with van der Waals surface area (Å²) in [6.45, 7) is 2.95. The van der Waals surface area contributed by atoms with Gasteiger partial charge in [0.05, 0.1) is 5.02 Å². The van der Waals surface area contributed by atoms with Gasteiger partial charge < -0.3 is 16.0 Å². The number of carbonyl (C=O) groups is 2. The normalized spacial score (nSPS) is 10.3. The molecule has 2 aromatic heterocycles. The first-order valence-corrected chi connectivity index (χ1v) is 9.34. The Kier molecular flexibility index (Phi) is 6.70. The fraction of sp³-hybridized carbons (Fsp3) is 0.150. The number of amides is 2. The zero-order chi connectivity index (χ0) is 20.6. The van der Waals surface area contributed by atoms with Gasteiger partial charge in [-0.15, -0.1) is 0 Å². The van der Waals surface area contributed by atoms with Crippen LogP contribution in [0.3, 0.4) is 0 Å². The lowest BCUT2D eigenvalue weighted by molar-refractivity contribution is 0.0982. The van der Waals surface area contributed by atoms with Crippen LogP contribution in [0.5, 0.6) is 0 Å². The fourth-order valence-corrected chi connectivity index (χ4v) is 2.54. The summed E-state index contributed by atoms with van der Waals surface area (Å²) in [6, 6.07) is 10.4. The minimum atomic E-state index is -0.600. The lowest BCUT2D eigenvalue weighted by atomic mass is 10.2. The van der Waals surface area contributed by atoms with Gasteiger partial charge in [0, 0.05) is 36.5 Å². The van der Waals surface area contributed by atoms with E-state index in [1.165, 1.54) is 18.6 Å². The van der Waals surface area contributed by atoms with E-state index in [-0.39, 0.29) is 17.2 Å². The average molecular weight is 411 g/mol. The SMILES string of the molecule is CCCNc1ccc(NC(=O)c2nccnc2C(=O)Nc2ccc(Cl)cn2)cc1. The fourth-order valence-electron chi connectivity index (χ4n) is 2.43. The Bertz CT molecular complexity index is 993. The van der Waals surface area contributed by atoms with Crippen LogP contribution in [0.2, 0.25) is 5.02 Å². The van der Waals surface area contributed by atoms with Gasteiger partial charge >= 0.3 is 0 Å². The standard InChI is InChI=1S/C20H19ClN6O2/c1-2-9-22-14-4-6-15(7-5-14)26-19(28)17-18(24-11-10-23-17)20(29)27-16-8-3-13(21)12-25-16/h3-8,10-12,22H,2,9H2,1H3,(H,26,28)(H,25,27,29). The maximum atomic E-state index is 12.7. The Morgan fingerprint density at radius 1 is 0.862 bits per heavy atom. The van der Waals surface area contributed by atoms with Gasteiger partial charge in [0.25, 0.3) is 11.8 Å². The maximum absolute atomic E-state index is 12.7. The number of nitrogens with zero attached hydrogens (tertiary/aromatic N) is 3. The summed E-state index contributed by atoms with van der Waals surface area (Å²) in [5, 5.41) is 9.00. The minimum absolute atomic E-state index is 0.0906. The van der Waals surface area contributed by atoms with Crippen LogP contribution in [0.25, 0.3) is 0 Å². The summed E-state index contributed by atoms with van der Waals surface area (Å²) in [7, 11) is 0. The van der Waals surface area contributed by atoms with E-state index in [1.54, 1.807) is 24.3 Å². The van der Waals surface area contributed by atoms with Crippen LogP contribution in [-0.2, 0) is 0 Å². The van der Waals surface area contributed by atoms with Crippen molar-refractivity contribution < 1.29 is 9.59 Å². The molecule has 148 valence electrons. The monoisotopic (exact) mass is 410 g/mol. The van der Waals surface area contributed by atoms with Gasteiger partial charge in [0.2, 0.25) is 0 Å². The number of aromatic nitrogens is 3. The van der Waals surface area contributed by atoms with Gasteiger partial charge in [-0.05, 0) is 42.8 Å². The number of hydrogen-bond donors (Lipinski definition) is 3. The van der Waals surface area contributed by atoms with Gasteiger partial charge in [0.15, 0.2) is 11.4 Å². The Morgan fingerprint density at radius 3 is 2.07 bits per heavy atom. The van der Waals surface area contributed by atoms with E-state index in [4.69, 9.17) is 11.6 Å². The molecule has 29 heavy (non-hydrogen) atoms. The zero-order valence-corrected chi connectivity index (χ0v) is 16.4. The lowest BCUT2D eigenvalue weighted by Gasteiger charge is -2.10. The molecule has 0 bridgehead atoms. The summed E-state index contributed by atoms with van der Waals surface area (Å²) in [6.07, 6.45) is 5.11. The Morgan fingerprint density at radius 2 is 1.48 bits per heavy atom. The van der Waals surface area contributed by atoms with Crippen molar-refractivity contribution in [3.05, 3.63) is 71.4 Å². The summed E-state index contributed by atoms with van der Waals surface area (Å²) >= 11 is 5.79. The molecular formula is C20H19ClN6O2. The van der Waals surface area contributed by atoms with Crippen LogP contribution < -0.4 is 16.0 Å². The predicted octanol–water partition coefficient (Wildman–Crippen LogP) is 3.85. The minimum Gasteiger partial charge on any atom is -0.385 e. The van der Waals surface area contributed by atoms with Crippen molar-refractivity contribution in [2.24, 2.45) is 0 Å². The van der Waals surface area contributed by atoms with Gasteiger partial charge in [-0.3, -0.25) is 9.59 Å². The summed E-state index contributed by atoms with van der Waals surface area (Å²) in [5.41, 5.74) is 1.34. The van der Waals surface area contributed by atoms with E-state index in [1.807, 2.05) is 12.1 Å². The molecule has 0 aliphatic heterocycles. The van der Waals surface area contributed by atoms with Crippen molar-refractivity contribution in [3.63, 3.8) is 0 Å². The molecule has 0 aliphatic carbocycles. The van der Waals surface area contributed by atoms with Crippen LogP contribution in [0.1, 0.15) is 34.3 Å². The highest BCUT2D eigenvalue weighted by atomic mass is 35.5. The number of pyridine rings is 1. The number of hydrogen-bond acceptors (Lipinski definition) is 6. The second kappa shape index (κ2) is 9.61. The van der Waals surface area contributed by atoms with Crippen LogP contribution in [0.15, 0.2) is 55.0 Å². The number of carbonyl (C=O) groups excluding carboxylic acids is 2. The highest BCUT2D eigenvalue weighted by Gasteiger charge is 2.20. The molecule has 3 rings (SSSR count). The van der Waals surface area contributed by atoms with Gasteiger partial charge in [-0.2, -0.15) is 0 Å². The molecule has 0 fully saturated rings. The molecular weight excluding hydrogens is 392 g/mol. The van der Waals surface area contributed by atoms with E-state index in [0.29, 0.717) is 10.7 Å². The molecule has 0 atom stereocenters. The molecule has 0 spiro atoms. The third-order valence-corrected chi connectivity index (χ3v) is 4.04. The number of anilines is 3. The van der Waals surface area contributed by atoms with Crippen molar-refractivity contribution in [2.75, 3.05) is 22.5 Å². The molecule has 8 nitrogen and oxygen atoms in total. The summed E-state index contributed by atoms with van der Waals surface area (Å²) < 4.78 is 0. The first-order valence-electron chi connectivity index (χ1n) is 8.96. The van der Waals surface area contributed by atoms with Crippen LogP contribution >= 0.6 is 11.6 Å². The molecule has 0 aliphatic rings. The third-order valence-electron chi connectivity index (χ3n) is 3.82. The maximum Gasteiger partial charge on any atom is 0.277 e. The van der Waals surface area contributed by atoms with Crippen LogP contribution in [-0.4, -0.2) is 33.3 Å². The van der Waals surface area contributed by atoms with Crippen molar-refractivity contribution in [2.45, 2.75) is 13.3 Å². The molecule has 3 aromatic rings. The van der Waals surface area contributed by atoms with E-state index >= 15 is 0 Å². The highest BCUT2D eigenvalue weighted by molar-refractivity contribution is 6.30. The van der Waals surface area contributed by atoms with E-state index in [9.17, 15) is 9.59 Å². The largest absolute Gasteiger partial charge is 0.385 e. The summed E-state index contributed by atoms with van der Waals surface area (Å²) in [5.74, 6) is -0.856. The van der Waals surface area contributed by atoms with Crippen molar-refractivity contribution in [1.29, 1.82) is 0 Å². The van der Waals surface area contributed by atoms with Crippen LogP contribution in [0.4, 0.5) is 17.2 Å². The number of benzene rings is 1.